The van der Waals surface area contributed by atoms with Gasteiger partial charge in [0.1, 0.15) is 0 Å². The van der Waals surface area contributed by atoms with Crippen molar-refractivity contribution < 1.29 is 4.43 Å². The van der Waals surface area contributed by atoms with E-state index >= 15 is 0 Å². The van der Waals surface area contributed by atoms with Crippen LogP contribution in [0.3, 0.4) is 0 Å². The van der Waals surface area contributed by atoms with Gasteiger partial charge in [-0.15, -0.1) is 0 Å². The molecule has 0 saturated carbocycles. The second kappa shape index (κ2) is 10.0. The predicted molar refractivity (Wildman–Crippen MR) is 145 cm³/mol. The van der Waals surface area contributed by atoms with Crippen LogP contribution in [-0.4, -0.2) is 22.9 Å². The van der Waals surface area contributed by atoms with Gasteiger partial charge in [0.05, 0.1) is 35.8 Å². The van der Waals surface area contributed by atoms with Gasteiger partial charge < -0.3 is 4.43 Å². The molecule has 0 fully saturated rings. The van der Waals surface area contributed by atoms with Crippen LogP contribution < -0.4 is 5.56 Å². The summed E-state index contributed by atoms with van der Waals surface area (Å²) in [6, 6.07) is 18.7. The highest BCUT2D eigenvalue weighted by molar-refractivity contribution is 6.74. The molecule has 0 aliphatic heterocycles. The molecule has 182 valence electrons. The molecule has 36 heavy (non-hydrogen) atoms. The average Bonchev–Trinajstić information content (AvgIpc) is 2.88. The summed E-state index contributed by atoms with van der Waals surface area (Å²) in [5, 5.41) is 9.76. The van der Waals surface area contributed by atoms with Crippen molar-refractivity contribution in [3.05, 3.63) is 101 Å². The molecule has 4 rings (SSSR count). The van der Waals surface area contributed by atoms with Crippen molar-refractivity contribution in [2.24, 2.45) is 0 Å². The Bertz CT molecular complexity index is 1480. The van der Waals surface area contributed by atoms with Crippen LogP contribution in [0.4, 0.5) is 0 Å². The molecule has 0 bridgehead atoms. The topological polar surface area (TPSA) is 80.8 Å². The lowest BCUT2D eigenvalue weighted by molar-refractivity contribution is 0.276. The Hall–Kier alpha value is -3.86. The molecule has 1 aromatic carbocycles. The molecule has 0 radical (unpaired) electrons. The largest absolute Gasteiger partial charge is 0.413 e. The number of hydrogen-bond donors (Lipinski definition) is 0. The van der Waals surface area contributed by atoms with Crippen LogP contribution in [0.15, 0.2) is 84.2 Å². The average molecular weight is 495 g/mol. The minimum Gasteiger partial charge on any atom is -0.413 e. The minimum absolute atomic E-state index is 0.0923. The van der Waals surface area contributed by atoms with Gasteiger partial charge in [-0.05, 0) is 54.0 Å². The molecular weight excluding hydrogens is 464 g/mol. The Morgan fingerprint density at radius 2 is 1.78 bits per heavy atom. The van der Waals surface area contributed by atoms with E-state index in [9.17, 15) is 10.1 Å². The van der Waals surface area contributed by atoms with E-state index in [1.807, 2.05) is 30.3 Å². The second-order valence-electron chi connectivity index (χ2n) is 10.3. The van der Waals surface area contributed by atoms with Crippen LogP contribution in [-0.2, 0) is 11.0 Å². The molecule has 0 spiro atoms. The first-order valence-corrected chi connectivity index (χ1v) is 14.8. The molecule has 0 atom stereocenters. The number of benzene rings is 1. The molecule has 3 aromatic heterocycles. The highest BCUT2D eigenvalue weighted by atomic mass is 28.4. The standard InChI is InChI=1S/C29H30N4O2Si/c1-29(2,3)36(4,5)35-20-21-14-24(18-31-17-21)33-19-23(27-12-8-9-13-32-27)15-26(28(33)34)25-11-7-6-10-22(25)16-30/h6-15,17-19H,20H2,1-5H3. The Morgan fingerprint density at radius 1 is 1.03 bits per heavy atom. The molecule has 0 amide bonds. The van der Waals surface area contributed by atoms with Crippen LogP contribution in [0.5, 0.6) is 0 Å². The maximum atomic E-state index is 13.8. The lowest BCUT2D eigenvalue weighted by Crippen LogP contribution is -2.40. The van der Waals surface area contributed by atoms with Crippen molar-refractivity contribution in [2.45, 2.75) is 45.5 Å². The summed E-state index contributed by atoms with van der Waals surface area (Å²) >= 11 is 0. The van der Waals surface area contributed by atoms with Crippen LogP contribution in [0, 0.1) is 11.3 Å². The summed E-state index contributed by atoms with van der Waals surface area (Å²) in [7, 11) is -1.95. The summed E-state index contributed by atoms with van der Waals surface area (Å²) in [6.07, 6.45) is 6.93. The number of nitriles is 1. The molecule has 0 aliphatic rings. The zero-order valence-electron chi connectivity index (χ0n) is 21.3. The molecule has 7 heteroatoms. The molecule has 4 aromatic rings. The van der Waals surface area contributed by atoms with Crippen LogP contribution in [0.25, 0.3) is 28.1 Å². The monoisotopic (exact) mass is 494 g/mol. The zero-order chi connectivity index (χ0) is 25.9. The van der Waals surface area contributed by atoms with Crippen LogP contribution >= 0.6 is 0 Å². The Labute approximate surface area is 213 Å². The van der Waals surface area contributed by atoms with Gasteiger partial charge >= 0.3 is 0 Å². The summed E-state index contributed by atoms with van der Waals surface area (Å²) < 4.78 is 7.96. The third-order valence-electron chi connectivity index (χ3n) is 6.78. The number of pyridine rings is 3. The van der Waals surface area contributed by atoms with Gasteiger partial charge in [-0.3, -0.25) is 19.3 Å². The third-order valence-corrected chi connectivity index (χ3v) is 11.3. The van der Waals surface area contributed by atoms with E-state index in [4.69, 9.17) is 4.43 Å². The summed E-state index contributed by atoms with van der Waals surface area (Å²) in [4.78, 5) is 22.7. The van der Waals surface area contributed by atoms with E-state index in [0.717, 1.165) is 16.8 Å². The molecule has 0 N–H and O–H groups in total. The normalized spacial score (nSPS) is 11.8. The maximum absolute atomic E-state index is 13.8. The third kappa shape index (κ3) is 5.20. The van der Waals surface area contributed by atoms with E-state index in [1.54, 1.807) is 53.6 Å². The first-order valence-electron chi connectivity index (χ1n) is 11.9. The SMILES string of the molecule is CC(C)(C)[Si](C)(C)OCc1cncc(-n2cc(-c3ccccn3)cc(-c3ccccc3C#N)c2=O)c1. The van der Waals surface area contributed by atoms with Gasteiger partial charge in [0.2, 0.25) is 0 Å². The minimum atomic E-state index is -1.95. The molecular formula is C29H30N4O2Si. The Balaban J connectivity index is 1.84. The fourth-order valence-corrected chi connectivity index (χ4v) is 4.58. The van der Waals surface area contributed by atoms with Crippen molar-refractivity contribution >= 4 is 8.32 Å². The van der Waals surface area contributed by atoms with Crippen molar-refractivity contribution in [2.75, 3.05) is 0 Å². The van der Waals surface area contributed by atoms with E-state index in [1.165, 1.54) is 0 Å². The van der Waals surface area contributed by atoms with Crippen molar-refractivity contribution in [3.63, 3.8) is 0 Å². The summed E-state index contributed by atoms with van der Waals surface area (Å²) in [6.45, 7) is 11.5. The van der Waals surface area contributed by atoms with Gasteiger partial charge in [0, 0.05) is 35.3 Å². The molecule has 0 saturated heterocycles. The fraction of sp³-hybridized carbons (Fsp3) is 0.241. The maximum Gasteiger partial charge on any atom is 0.263 e. The van der Waals surface area contributed by atoms with Gasteiger partial charge in [-0.1, -0.05) is 45.0 Å². The van der Waals surface area contributed by atoms with Gasteiger partial charge in [-0.2, -0.15) is 5.26 Å². The van der Waals surface area contributed by atoms with E-state index in [0.29, 0.717) is 29.0 Å². The van der Waals surface area contributed by atoms with E-state index < -0.39 is 8.32 Å². The van der Waals surface area contributed by atoms with Crippen LogP contribution in [0.1, 0.15) is 31.9 Å². The summed E-state index contributed by atoms with van der Waals surface area (Å²) in [5.74, 6) is 0. The van der Waals surface area contributed by atoms with Crippen molar-refractivity contribution in [1.29, 1.82) is 5.26 Å². The van der Waals surface area contributed by atoms with Crippen LogP contribution in [0.2, 0.25) is 18.1 Å². The summed E-state index contributed by atoms with van der Waals surface area (Å²) in [5.41, 5.74) is 4.24. The highest BCUT2D eigenvalue weighted by Crippen LogP contribution is 2.37. The number of hydrogen-bond acceptors (Lipinski definition) is 5. The molecule has 0 aliphatic carbocycles. The molecule has 6 nitrogen and oxygen atoms in total. The van der Waals surface area contributed by atoms with Gasteiger partial charge in [0.15, 0.2) is 8.32 Å². The lowest BCUT2D eigenvalue weighted by atomic mass is 9.99. The fourth-order valence-electron chi connectivity index (χ4n) is 3.62. The van der Waals surface area contributed by atoms with Crippen molar-refractivity contribution in [3.8, 4) is 34.1 Å². The zero-order valence-corrected chi connectivity index (χ0v) is 22.3. The molecule has 0 unspecified atom stereocenters. The van der Waals surface area contributed by atoms with E-state index in [2.05, 4.69) is 49.9 Å². The smallest absolute Gasteiger partial charge is 0.263 e. The second-order valence-corrected chi connectivity index (χ2v) is 15.1. The molecule has 3 heterocycles. The Kier molecular flexibility index (Phi) is 7.02. The number of aromatic nitrogens is 3. The Morgan fingerprint density at radius 3 is 2.47 bits per heavy atom. The number of nitrogens with zero attached hydrogens (tertiary/aromatic N) is 4. The first-order chi connectivity index (χ1) is 17.1. The predicted octanol–water partition coefficient (Wildman–Crippen LogP) is 6.35. The lowest BCUT2D eigenvalue weighted by Gasteiger charge is -2.36. The van der Waals surface area contributed by atoms with E-state index in [-0.39, 0.29) is 10.6 Å². The van der Waals surface area contributed by atoms with Gasteiger partial charge in [0.25, 0.3) is 5.56 Å². The quantitative estimate of drug-likeness (QED) is 0.292. The highest BCUT2D eigenvalue weighted by Gasteiger charge is 2.37. The van der Waals surface area contributed by atoms with Gasteiger partial charge in [-0.25, -0.2) is 0 Å². The van der Waals surface area contributed by atoms with Crippen molar-refractivity contribution in [1.82, 2.24) is 14.5 Å². The first kappa shape index (κ1) is 25.2. The number of rotatable bonds is 6.